The summed E-state index contributed by atoms with van der Waals surface area (Å²) in [6, 6.07) is 8.05. The molecule has 2 N–H and O–H groups in total. The molecule has 0 fully saturated rings. The number of hydrogen-bond donors (Lipinski definition) is 1. The zero-order chi connectivity index (χ0) is 12.1. The highest BCUT2D eigenvalue weighted by molar-refractivity contribution is 5.95. The topological polar surface area (TPSA) is 55.6 Å². The molecule has 0 saturated heterocycles. The number of fused-ring (bicyclic) bond motifs is 1. The van der Waals surface area contributed by atoms with Crippen molar-refractivity contribution in [2.45, 2.75) is 12.8 Å². The Morgan fingerprint density at radius 1 is 1.41 bits per heavy atom. The first-order chi connectivity index (χ1) is 8.33. The fraction of sp³-hybridized carbons (Fsp3) is 0.462. The lowest BCUT2D eigenvalue weighted by molar-refractivity contribution is -0.123. The summed E-state index contributed by atoms with van der Waals surface area (Å²) in [4.78, 5) is 13.8. The highest BCUT2D eigenvalue weighted by Crippen LogP contribution is 2.26. The summed E-state index contributed by atoms with van der Waals surface area (Å²) < 4.78 is 5.20. The molecule has 4 heteroatoms. The van der Waals surface area contributed by atoms with Crippen LogP contribution >= 0.6 is 0 Å². The zero-order valence-corrected chi connectivity index (χ0v) is 9.89. The second-order valence-corrected chi connectivity index (χ2v) is 4.12. The molecule has 0 spiro atoms. The van der Waals surface area contributed by atoms with Crippen molar-refractivity contribution in [1.29, 1.82) is 0 Å². The number of carbonyl (C=O) groups is 1. The second-order valence-electron chi connectivity index (χ2n) is 4.12. The fourth-order valence-corrected chi connectivity index (χ4v) is 2.11. The van der Waals surface area contributed by atoms with E-state index in [1.807, 2.05) is 23.1 Å². The predicted molar refractivity (Wildman–Crippen MR) is 67.0 cm³/mol. The molecule has 1 aromatic carbocycles. The average Bonchev–Trinajstić information content (AvgIpc) is 2.38. The van der Waals surface area contributed by atoms with E-state index in [1.165, 1.54) is 5.56 Å². The third kappa shape index (κ3) is 2.84. The Kier molecular flexibility index (Phi) is 4.12. The Morgan fingerprint density at radius 3 is 3.06 bits per heavy atom. The first kappa shape index (κ1) is 12.1. The van der Waals surface area contributed by atoms with Gasteiger partial charge >= 0.3 is 0 Å². The fourth-order valence-electron chi connectivity index (χ4n) is 2.11. The van der Waals surface area contributed by atoms with Gasteiger partial charge in [-0.2, -0.15) is 0 Å². The van der Waals surface area contributed by atoms with Gasteiger partial charge in [-0.15, -0.1) is 0 Å². The van der Waals surface area contributed by atoms with E-state index in [-0.39, 0.29) is 12.5 Å². The van der Waals surface area contributed by atoms with E-state index in [0.717, 1.165) is 25.1 Å². The van der Waals surface area contributed by atoms with Crippen LogP contribution in [0.5, 0.6) is 0 Å². The highest BCUT2D eigenvalue weighted by atomic mass is 16.5. The van der Waals surface area contributed by atoms with Gasteiger partial charge in [-0.05, 0) is 24.5 Å². The van der Waals surface area contributed by atoms with Crippen molar-refractivity contribution >= 4 is 11.6 Å². The first-order valence-corrected chi connectivity index (χ1v) is 5.99. The zero-order valence-electron chi connectivity index (χ0n) is 9.89. The Labute approximate surface area is 101 Å². The largest absolute Gasteiger partial charge is 0.370 e. The number of nitrogens with zero attached hydrogens (tertiary/aromatic N) is 1. The molecular weight excluding hydrogens is 216 g/mol. The molecule has 1 aliphatic rings. The number of anilines is 1. The van der Waals surface area contributed by atoms with Crippen LogP contribution in [0.1, 0.15) is 12.0 Å². The van der Waals surface area contributed by atoms with Gasteiger partial charge in [0.25, 0.3) is 5.91 Å². The minimum Gasteiger partial charge on any atom is -0.370 e. The molecule has 1 heterocycles. The first-order valence-electron chi connectivity index (χ1n) is 5.99. The Bertz CT molecular complexity index is 393. The molecule has 92 valence electrons. The molecule has 0 aliphatic carbocycles. The molecule has 1 aliphatic heterocycles. The van der Waals surface area contributed by atoms with Crippen LogP contribution in [0, 0.1) is 0 Å². The smallest absolute Gasteiger partial charge is 0.252 e. The van der Waals surface area contributed by atoms with Gasteiger partial charge in [-0.25, -0.2) is 0 Å². The van der Waals surface area contributed by atoms with Crippen molar-refractivity contribution < 1.29 is 9.53 Å². The van der Waals surface area contributed by atoms with Crippen LogP contribution < -0.4 is 10.6 Å². The molecule has 2 rings (SSSR count). The van der Waals surface area contributed by atoms with E-state index in [0.29, 0.717) is 13.2 Å². The summed E-state index contributed by atoms with van der Waals surface area (Å²) in [6.45, 7) is 1.78. The lowest BCUT2D eigenvalue weighted by Crippen LogP contribution is -2.38. The van der Waals surface area contributed by atoms with Gasteiger partial charge in [-0.3, -0.25) is 4.79 Å². The van der Waals surface area contributed by atoms with E-state index in [4.69, 9.17) is 10.5 Å². The number of para-hydroxylation sites is 1. The van der Waals surface area contributed by atoms with Crippen molar-refractivity contribution in [1.82, 2.24) is 0 Å². The van der Waals surface area contributed by atoms with Crippen LogP contribution in [0.4, 0.5) is 5.69 Å². The molecule has 1 amide bonds. The summed E-state index contributed by atoms with van der Waals surface area (Å²) in [6.07, 6.45) is 2.06. The second kappa shape index (κ2) is 5.80. The van der Waals surface area contributed by atoms with E-state index >= 15 is 0 Å². The maximum absolute atomic E-state index is 12.0. The van der Waals surface area contributed by atoms with Crippen molar-refractivity contribution in [3.05, 3.63) is 29.8 Å². The number of aryl methyl sites for hydroxylation is 1. The maximum Gasteiger partial charge on any atom is 0.252 e. The van der Waals surface area contributed by atoms with Crippen molar-refractivity contribution in [3.8, 4) is 0 Å². The molecule has 0 bridgehead atoms. The van der Waals surface area contributed by atoms with E-state index < -0.39 is 0 Å². The minimum atomic E-state index is 0.0191. The average molecular weight is 234 g/mol. The predicted octanol–water partition coefficient (Wildman–Crippen LogP) is 0.941. The molecule has 0 aromatic heterocycles. The van der Waals surface area contributed by atoms with Gasteiger partial charge in [-0.1, -0.05) is 18.2 Å². The van der Waals surface area contributed by atoms with Crippen molar-refractivity contribution in [2.24, 2.45) is 5.73 Å². The molecule has 0 saturated carbocycles. The Hall–Kier alpha value is -1.39. The summed E-state index contributed by atoms with van der Waals surface area (Å²) in [5.74, 6) is 0.0191. The van der Waals surface area contributed by atoms with Crippen molar-refractivity contribution in [3.63, 3.8) is 0 Å². The summed E-state index contributed by atoms with van der Waals surface area (Å²) in [5, 5.41) is 0. The Morgan fingerprint density at radius 2 is 2.24 bits per heavy atom. The monoisotopic (exact) mass is 234 g/mol. The van der Waals surface area contributed by atoms with Crippen LogP contribution in [0.3, 0.4) is 0 Å². The number of carbonyl (C=O) groups excluding carboxylic acids is 1. The summed E-state index contributed by atoms with van der Waals surface area (Å²) >= 11 is 0. The number of nitrogens with two attached hydrogens (primary N) is 1. The van der Waals surface area contributed by atoms with E-state index in [2.05, 4.69) is 6.07 Å². The SMILES string of the molecule is NCCOCC(=O)N1CCCc2ccccc21. The quantitative estimate of drug-likeness (QED) is 0.789. The van der Waals surface area contributed by atoms with Crippen LogP contribution in [0.25, 0.3) is 0 Å². The standard InChI is InChI=1S/C13H18N2O2/c14-7-9-17-10-13(16)15-8-3-5-11-4-1-2-6-12(11)15/h1-2,4,6H,3,5,7-10,14H2. The maximum atomic E-state index is 12.0. The van der Waals surface area contributed by atoms with Gasteiger partial charge in [0.15, 0.2) is 0 Å². The molecular formula is C13H18N2O2. The van der Waals surface area contributed by atoms with E-state index in [9.17, 15) is 4.79 Å². The van der Waals surface area contributed by atoms with Gasteiger partial charge in [0, 0.05) is 18.8 Å². The minimum absolute atomic E-state index is 0.0191. The molecule has 17 heavy (non-hydrogen) atoms. The number of hydrogen-bond acceptors (Lipinski definition) is 3. The van der Waals surface area contributed by atoms with Gasteiger partial charge in [0.2, 0.25) is 0 Å². The molecule has 1 aromatic rings. The normalized spacial score (nSPS) is 14.5. The lowest BCUT2D eigenvalue weighted by atomic mass is 10.0. The third-order valence-electron chi connectivity index (χ3n) is 2.90. The third-order valence-corrected chi connectivity index (χ3v) is 2.90. The van der Waals surface area contributed by atoms with Crippen LogP contribution in [-0.2, 0) is 16.0 Å². The summed E-state index contributed by atoms with van der Waals surface area (Å²) in [7, 11) is 0. The van der Waals surface area contributed by atoms with Crippen molar-refractivity contribution in [2.75, 3.05) is 31.2 Å². The molecule has 0 radical (unpaired) electrons. The van der Waals surface area contributed by atoms with Gasteiger partial charge in [0.05, 0.1) is 6.61 Å². The van der Waals surface area contributed by atoms with Crippen LogP contribution in [0.15, 0.2) is 24.3 Å². The van der Waals surface area contributed by atoms with Crippen LogP contribution in [-0.4, -0.2) is 32.2 Å². The number of benzene rings is 1. The molecule has 0 atom stereocenters. The van der Waals surface area contributed by atoms with Gasteiger partial charge < -0.3 is 15.4 Å². The van der Waals surface area contributed by atoms with Crippen LogP contribution in [0.2, 0.25) is 0 Å². The highest BCUT2D eigenvalue weighted by Gasteiger charge is 2.21. The number of ether oxygens (including phenoxy) is 1. The molecule has 4 nitrogen and oxygen atoms in total. The summed E-state index contributed by atoms with van der Waals surface area (Å²) in [5.41, 5.74) is 7.59. The number of amides is 1. The Balaban J connectivity index is 2.05. The van der Waals surface area contributed by atoms with E-state index in [1.54, 1.807) is 0 Å². The number of rotatable bonds is 4. The molecule has 0 unspecified atom stereocenters. The lowest BCUT2D eigenvalue weighted by Gasteiger charge is -2.29. The van der Waals surface area contributed by atoms with Gasteiger partial charge in [0.1, 0.15) is 6.61 Å².